The second-order valence-electron chi connectivity index (χ2n) is 2.55. The summed E-state index contributed by atoms with van der Waals surface area (Å²) in [7, 11) is 0. The van der Waals surface area contributed by atoms with Gasteiger partial charge in [-0.1, -0.05) is 5.92 Å². The summed E-state index contributed by atoms with van der Waals surface area (Å²) in [6, 6.07) is 0. The Morgan fingerprint density at radius 3 is 2.31 bits per heavy atom. The molecule has 1 aliphatic rings. The van der Waals surface area contributed by atoms with Crippen molar-refractivity contribution in [1.29, 1.82) is 0 Å². The maximum atomic E-state index is 9.40. The van der Waals surface area contributed by atoms with Gasteiger partial charge in [0, 0.05) is 26.2 Å². The van der Waals surface area contributed by atoms with E-state index in [1.807, 2.05) is 4.90 Å². The van der Waals surface area contributed by atoms with Gasteiger partial charge in [0.15, 0.2) is 6.23 Å². The van der Waals surface area contributed by atoms with Crippen LogP contribution >= 0.6 is 24.8 Å². The Balaban J connectivity index is 0. The Kier molecular flexibility index (Phi) is 10.3. The van der Waals surface area contributed by atoms with E-state index in [0.29, 0.717) is 0 Å². The van der Waals surface area contributed by atoms with Gasteiger partial charge in [0.05, 0.1) is 0 Å². The molecule has 0 bridgehead atoms. The fraction of sp³-hybridized carbons (Fsp3) is 0.750. The highest BCUT2D eigenvalue weighted by Crippen LogP contribution is 1.96. The lowest BCUT2D eigenvalue weighted by atomic mass is 10.3. The first-order valence-corrected chi connectivity index (χ1v) is 3.89. The number of hydrogen-bond donors (Lipinski definition) is 2. The van der Waals surface area contributed by atoms with Crippen molar-refractivity contribution in [1.82, 2.24) is 10.2 Å². The average Bonchev–Trinajstić information content (AvgIpc) is 2.07. The Bertz CT molecular complexity index is 173. The van der Waals surface area contributed by atoms with E-state index in [9.17, 15) is 5.11 Å². The number of hydrogen-bond acceptors (Lipinski definition) is 3. The maximum absolute atomic E-state index is 9.40. The molecule has 78 valence electrons. The molecule has 2 N–H and O–H groups in total. The molecule has 0 radical (unpaired) electrons. The van der Waals surface area contributed by atoms with Gasteiger partial charge in [-0.25, -0.2) is 0 Å². The van der Waals surface area contributed by atoms with Crippen LogP contribution in [0.3, 0.4) is 0 Å². The fourth-order valence-electron chi connectivity index (χ4n) is 1.15. The zero-order valence-corrected chi connectivity index (χ0v) is 9.25. The lowest BCUT2D eigenvalue weighted by Crippen LogP contribution is -2.47. The summed E-state index contributed by atoms with van der Waals surface area (Å²) in [6.45, 7) is 5.40. The molecule has 0 aromatic carbocycles. The van der Waals surface area contributed by atoms with E-state index in [1.165, 1.54) is 0 Å². The molecular formula is C8H16Cl2N2O. The van der Waals surface area contributed by atoms with Crippen molar-refractivity contribution in [3.63, 3.8) is 0 Å². The monoisotopic (exact) mass is 226 g/mol. The summed E-state index contributed by atoms with van der Waals surface area (Å²) in [5.41, 5.74) is 0. The molecule has 0 spiro atoms. The van der Waals surface area contributed by atoms with Crippen molar-refractivity contribution < 1.29 is 5.11 Å². The van der Waals surface area contributed by atoms with Crippen LogP contribution in [0.5, 0.6) is 0 Å². The molecule has 1 saturated heterocycles. The summed E-state index contributed by atoms with van der Waals surface area (Å²) in [5, 5.41) is 12.6. The highest BCUT2D eigenvalue weighted by Gasteiger charge is 2.14. The van der Waals surface area contributed by atoms with Crippen molar-refractivity contribution >= 4 is 24.8 Å². The van der Waals surface area contributed by atoms with Gasteiger partial charge in [0.25, 0.3) is 0 Å². The third-order valence-corrected chi connectivity index (χ3v) is 1.77. The predicted molar refractivity (Wildman–Crippen MR) is 58.4 cm³/mol. The minimum absolute atomic E-state index is 0. The van der Waals surface area contributed by atoms with Crippen LogP contribution in [0.15, 0.2) is 0 Å². The number of halogens is 2. The summed E-state index contributed by atoms with van der Waals surface area (Å²) in [4.78, 5) is 1.97. The molecule has 1 heterocycles. The molecule has 1 rings (SSSR count). The quantitative estimate of drug-likeness (QED) is 0.622. The van der Waals surface area contributed by atoms with Crippen LogP contribution in [0.1, 0.15) is 6.92 Å². The minimum atomic E-state index is -0.568. The van der Waals surface area contributed by atoms with Crippen LogP contribution in [0, 0.1) is 11.8 Å². The Morgan fingerprint density at radius 1 is 1.31 bits per heavy atom. The molecular weight excluding hydrogens is 211 g/mol. The third kappa shape index (κ3) is 5.35. The summed E-state index contributed by atoms with van der Waals surface area (Å²) in [6.07, 6.45) is -0.568. The van der Waals surface area contributed by atoms with E-state index in [-0.39, 0.29) is 24.8 Å². The SMILES string of the molecule is CC#CC(O)N1CCNCC1.Cl.Cl. The Hall–Kier alpha value is 0.0200. The lowest BCUT2D eigenvalue weighted by Gasteiger charge is -2.28. The molecule has 1 aliphatic heterocycles. The zero-order valence-electron chi connectivity index (χ0n) is 7.62. The van der Waals surface area contributed by atoms with Crippen LogP contribution in [-0.4, -0.2) is 42.4 Å². The molecule has 1 atom stereocenters. The first-order valence-electron chi connectivity index (χ1n) is 3.89. The molecule has 0 aromatic heterocycles. The third-order valence-electron chi connectivity index (χ3n) is 1.77. The second kappa shape index (κ2) is 8.61. The second-order valence-corrected chi connectivity index (χ2v) is 2.55. The smallest absolute Gasteiger partial charge is 0.170 e. The molecule has 5 heteroatoms. The largest absolute Gasteiger partial charge is 0.367 e. The van der Waals surface area contributed by atoms with Gasteiger partial charge in [-0.15, -0.1) is 30.7 Å². The van der Waals surface area contributed by atoms with Crippen molar-refractivity contribution in [2.75, 3.05) is 26.2 Å². The van der Waals surface area contributed by atoms with Gasteiger partial charge < -0.3 is 10.4 Å². The average molecular weight is 227 g/mol. The normalized spacial score (nSPS) is 18.6. The van der Waals surface area contributed by atoms with Crippen LogP contribution in [0.25, 0.3) is 0 Å². The molecule has 0 aliphatic carbocycles. The van der Waals surface area contributed by atoms with Crippen molar-refractivity contribution in [3.05, 3.63) is 0 Å². The number of nitrogens with one attached hydrogen (secondary N) is 1. The van der Waals surface area contributed by atoms with Crippen LogP contribution < -0.4 is 5.32 Å². The standard InChI is InChI=1S/C8H14N2O.2ClH/c1-2-3-8(11)10-6-4-9-5-7-10;;/h8-9,11H,4-7H2,1H3;2*1H. The van der Waals surface area contributed by atoms with Gasteiger partial charge >= 0.3 is 0 Å². The number of piperazine rings is 1. The molecule has 0 amide bonds. The first kappa shape index (κ1) is 15.5. The van der Waals surface area contributed by atoms with Gasteiger partial charge in [0.2, 0.25) is 0 Å². The Labute approximate surface area is 91.7 Å². The van der Waals surface area contributed by atoms with Gasteiger partial charge in [-0.05, 0) is 6.92 Å². The minimum Gasteiger partial charge on any atom is -0.367 e. The van der Waals surface area contributed by atoms with E-state index in [2.05, 4.69) is 17.2 Å². The molecule has 3 nitrogen and oxygen atoms in total. The van der Waals surface area contributed by atoms with Gasteiger partial charge in [-0.3, -0.25) is 4.90 Å². The zero-order chi connectivity index (χ0) is 8.10. The van der Waals surface area contributed by atoms with E-state index in [1.54, 1.807) is 6.92 Å². The lowest BCUT2D eigenvalue weighted by molar-refractivity contribution is 0.0405. The predicted octanol–water partition coefficient (Wildman–Crippen LogP) is 0.0769. The topological polar surface area (TPSA) is 35.5 Å². The van der Waals surface area contributed by atoms with E-state index in [4.69, 9.17) is 0 Å². The van der Waals surface area contributed by atoms with Crippen molar-refractivity contribution in [2.45, 2.75) is 13.2 Å². The molecule has 1 fully saturated rings. The Morgan fingerprint density at radius 2 is 1.85 bits per heavy atom. The van der Waals surface area contributed by atoms with Gasteiger partial charge in [-0.2, -0.15) is 0 Å². The highest BCUT2D eigenvalue weighted by atomic mass is 35.5. The molecule has 1 unspecified atom stereocenters. The molecule has 13 heavy (non-hydrogen) atoms. The molecule has 0 aromatic rings. The number of aliphatic hydroxyl groups excluding tert-OH is 1. The van der Waals surface area contributed by atoms with Crippen molar-refractivity contribution in [2.24, 2.45) is 0 Å². The summed E-state index contributed by atoms with van der Waals surface area (Å²) in [5.74, 6) is 5.42. The number of rotatable bonds is 1. The van der Waals surface area contributed by atoms with E-state index < -0.39 is 6.23 Å². The van der Waals surface area contributed by atoms with Crippen molar-refractivity contribution in [3.8, 4) is 11.8 Å². The van der Waals surface area contributed by atoms with Crippen LogP contribution in [0.4, 0.5) is 0 Å². The number of nitrogens with zero attached hydrogens (tertiary/aromatic N) is 1. The maximum Gasteiger partial charge on any atom is 0.170 e. The highest BCUT2D eigenvalue weighted by molar-refractivity contribution is 5.85. The first-order chi connectivity index (χ1) is 5.34. The fourth-order valence-corrected chi connectivity index (χ4v) is 1.15. The van der Waals surface area contributed by atoms with E-state index in [0.717, 1.165) is 26.2 Å². The van der Waals surface area contributed by atoms with Crippen LogP contribution in [-0.2, 0) is 0 Å². The number of aliphatic hydroxyl groups is 1. The van der Waals surface area contributed by atoms with Crippen LogP contribution in [0.2, 0.25) is 0 Å². The van der Waals surface area contributed by atoms with Gasteiger partial charge in [0.1, 0.15) is 0 Å². The summed E-state index contributed by atoms with van der Waals surface area (Å²) >= 11 is 0. The molecule has 0 saturated carbocycles. The van der Waals surface area contributed by atoms with E-state index >= 15 is 0 Å². The summed E-state index contributed by atoms with van der Waals surface area (Å²) < 4.78 is 0.